The smallest absolute Gasteiger partial charge is 0.291 e. The van der Waals surface area contributed by atoms with Gasteiger partial charge in [0.2, 0.25) is 4.96 Å². The minimum absolute atomic E-state index is 0.217. The van der Waals surface area contributed by atoms with E-state index in [-0.39, 0.29) is 5.56 Å². The Bertz CT molecular complexity index is 1890. The van der Waals surface area contributed by atoms with E-state index >= 15 is 0 Å². The number of rotatable bonds is 9. The van der Waals surface area contributed by atoms with E-state index in [0.717, 1.165) is 39.6 Å². The fourth-order valence-corrected chi connectivity index (χ4v) is 5.27. The summed E-state index contributed by atoms with van der Waals surface area (Å²) in [5.41, 5.74) is 4.03. The quantitative estimate of drug-likeness (QED) is 0.226. The normalized spacial score (nSPS) is 12.0. The average molecular weight is 564 g/mol. The van der Waals surface area contributed by atoms with Crippen molar-refractivity contribution in [2.45, 2.75) is 20.8 Å². The Hall–Kier alpha value is -4.76. The lowest BCUT2D eigenvalue weighted by Gasteiger charge is -2.09. The molecular formula is C32H29N5O3S. The van der Waals surface area contributed by atoms with Crippen LogP contribution in [0.15, 0.2) is 89.9 Å². The van der Waals surface area contributed by atoms with Crippen molar-refractivity contribution >= 4 is 22.4 Å². The SMILES string of the molecule is CCOc1ccc(-c2nc3s/c(=C\c4cn(-c5ccccc5)nc4-c4ccc(OCC(C)C)cc4)c(=O)n3n2)cc1. The summed E-state index contributed by atoms with van der Waals surface area (Å²) in [7, 11) is 0. The van der Waals surface area contributed by atoms with E-state index < -0.39 is 0 Å². The number of ether oxygens (including phenoxy) is 2. The highest BCUT2D eigenvalue weighted by molar-refractivity contribution is 7.15. The van der Waals surface area contributed by atoms with Gasteiger partial charge in [-0.25, -0.2) is 4.68 Å². The first-order valence-electron chi connectivity index (χ1n) is 13.5. The van der Waals surface area contributed by atoms with Crippen LogP contribution in [-0.4, -0.2) is 37.6 Å². The van der Waals surface area contributed by atoms with E-state index in [4.69, 9.17) is 14.6 Å². The minimum Gasteiger partial charge on any atom is -0.494 e. The maximum Gasteiger partial charge on any atom is 0.291 e. The molecule has 6 rings (SSSR count). The van der Waals surface area contributed by atoms with Crippen molar-refractivity contribution in [1.29, 1.82) is 0 Å². The van der Waals surface area contributed by atoms with Gasteiger partial charge < -0.3 is 9.47 Å². The van der Waals surface area contributed by atoms with E-state index in [1.54, 1.807) is 0 Å². The molecule has 41 heavy (non-hydrogen) atoms. The van der Waals surface area contributed by atoms with Crippen molar-refractivity contribution in [1.82, 2.24) is 24.4 Å². The first-order valence-corrected chi connectivity index (χ1v) is 14.3. The van der Waals surface area contributed by atoms with Crippen LogP contribution in [0.2, 0.25) is 0 Å². The molecule has 0 aliphatic heterocycles. The number of hydrogen-bond donors (Lipinski definition) is 0. The number of thiazole rings is 1. The Morgan fingerprint density at radius 1 is 0.878 bits per heavy atom. The van der Waals surface area contributed by atoms with Gasteiger partial charge in [-0.1, -0.05) is 43.4 Å². The van der Waals surface area contributed by atoms with Crippen molar-refractivity contribution in [3.63, 3.8) is 0 Å². The van der Waals surface area contributed by atoms with Gasteiger partial charge in [0, 0.05) is 22.9 Å². The molecule has 3 heterocycles. The third-order valence-electron chi connectivity index (χ3n) is 6.37. The third kappa shape index (κ3) is 5.62. The second-order valence-electron chi connectivity index (χ2n) is 9.95. The zero-order chi connectivity index (χ0) is 28.3. The van der Waals surface area contributed by atoms with E-state index in [0.29, 0.717) is 34.4 Å². The molecule has 0 aliphatic carbocycles. The second-order valence-corrected chi connectivity index (χ2v) is 11.0. The molecule has 0 aliphatic rings. The van der Waals surface area contributed by atoms with Crippen LogP contribution < -0.4 is 19.6 Å². The molecule has 6 aromatic rings. The van der Waals surface area contributed by atoms with Crippen LogP contribution in [0.3, 0.4) is 0 Å². The molecule has 9 heteroatoms. The van der Waals surface area contributed by atoms with Gasteiger partial charge >= 0.3 is 0 Å². The summed E-state index contributed by atoms with van der Waals surface area (Å²) in [6.45, 7) is 7.44. The van der Waals surface area contributed by atoms with Crippen molar-refractivity contribution in [2.24, 2.45) is 5.92 Å². The van der Waals surface area contributed by atoms with Crippen LogP contribution in [-0.2, 0) is 0 Å². The fraction of sp³-hybridized carbons (Fsp3) is 0.188. The summed E-state index contributed by atoms with van der Waals surface area (Å²) in [4.78, 5) is 18.6. The predicted molar refractivity (Wildman–Crippen MR) is 162 cm³/mol. The lowest BCUT2D eigenvalue weighted by atomic mass is 10.1. The van der Waals surface area contributed by atoms with Crippen molar-refractivity contribution < 1.29 is 9.47 Å². The van der Waals surface area contributed by atoms with E-state index in [9.17, 15) is 4.79 Å². The molecule has 0 N–H and O–H groups in total. The number of benzene rings is 3. The number of fused-ring (bicyclic) bond motifs is 1. The molecular weight excluding hydrogens is 534 g/mol. The first kappa shape index (κ1) is 26.5. The highest BCUT2D eigenvalue weighted by Crippen LogP contribution is 2.27. The van der Waals surface area contributed by atoms with Gasteiger partial charge in [-0.15, -0.1) is 5.10 Å². The van der Waals surface area contributed by atoms with Gasteiger partial charge in [-0.05, 0) is 79.6 Å². The molecule has 8 nitrogen and oxygen atoms in total. The molecule has 206 valence electrons. The van der Waals surface area contributed by atoms with Gasteiger partial charge in [0.1, 0.15) is 17.2 Å². The molecule has 0 bridgehead atoms. The molecule has 0 amide bonds. The topological polar surface area (TPSA) is 83.5 Å². The molecule has 0 spiro atoms. The number of aromatic nitrogens is 5. The third-order valence-corrected chi connectivity index (χ3v) is 7.33. The molecule has 3 aromatic carbocycles. The Morgan fingerprint density at radius 3 is 2.22 bits per heavy atom. The number of nitrogens with zero attached hydrogens (tertiary/aromatic N) is 5. The Morgan fingerprint density at radius 2 is 1.56 bits per heavy atom. The van der Waals surface area contributed by atoms with Gasteiger partial charge in [0.15, 0.2) is 5.82 Å². The highest BCUT2D eigenvalue weighted by atomic mass is 32.1. The van der Waals surface area contributed by atoms with Gasteiger partial charge in [0.25, 0.3) is 5.56 Å². The Balaban J connectivity index is 1.38. The Labute approximate surface area is 241 Å². The standard InChI is InChI=1S/C32H29N5O3S/c1-4-39-26-16-12-23(13-17-26)30-33-32-37(35-30)31(38)28(41-32)18-24-19-36(25-8-6-5-7-9-25)34-29(24)22-10-14-27(15-11-22)40-20-21(2)3/h5-19,21H,4,20H2,1-3H3/b28-18-. The molecule has 0 saturated heterocycles. The zero-order valence-corrected chi connectivity index (χ0v) is 23.8. The molecule has 0 radical (unpaired) electrons. The predicted octanol–water partition coefficient (Wildman–Crippen LogP) is 5.65. The van der Waals surface area contributed by atoms with E-state index in [1.807, 2.05) is 103 Å². The molecule has 0 unspecified atom stereocenters. The maximum atomic E-state index is 13.4. The highest BCUT2D eigenvalue weighted by Gasteiger charge is 2.15. The average Bonchev–Trinajstić information content (AvgIpc) is 3.68. The van der Waals surface area contributed by atoms with Gasteiger partial charge in [0.05, 0.1) is 23.4 Å². The summed E-state index contributed by atoms with van der Waals surface area (Å²) in [6, 6.07) is 25.3. The summed E-state index contributed by atoms with van der Waals surface area (Å²) in [5.74, 6) is 2.53. The molecule has 3 aromatic heterocycles. The van der Waals surface area contributed by atoms with Crippen LogP contribution in [0.25, 0.3) is 39.4 Å². The first-order chi connectivity index (χ1) is 20.0. The van der Waals surface area contributed by atoms with Crippen LogP contribution in [0, 0.1) is 5.92 Å². The van der Waals surface area contributed by atoms with Crippen LogP contribution >= 0.6 is 11.3 Å². The summed E-state index contributed by atoms with van der Waals surface area (Å²) < 4.78 is 15.1. The van der Waals surface area contributed by atoms with Crippen molar-refractivity contribution in [3.8, 4) is 39.8 Å². The minimum atomic E-state index is -0.217. The second kappa shape index (κ2) is 11.4. The van der Waals surface area contributed by atoms with E-state index in [2.05, 4.69) is 23.9 Å². The summed E-state index contributed by atoms with van der Waals surface area (Å²) in [5, 5.41) is 9.40. The fourth-order valence-electron chi connectivity index (χ4n) is 4.37. The monoisotopic (exact) mass is 563 g/mol. The lowest BCUT2D eigenvalue weighted by Crippen LogP contribution is -2.23. The number of para-hydroxylation sites is 1. The van der Waals surface area contributed by atoms with Gasteiger partial charge in [-0.2, -0.15) is 14.6 Å². The van der Waals surface area contributed by atoms with E-state index in [1.165, 1.54) is 15.9 Å². The zero-order valence-electron chi connectivity index (χ0n) is 23.0. The van der Waals surface area contributed by atoms with Gasteiger partial charge in [-0.3, -0.25) is 4.79 Å². The lowest BCUT2D eigenvalue weighted by molar-refractivity contribution is 0.271. The maximum absolute atomic E-state index is 13.4. The summed E-state index contributed by atoms with van der Waals surface area (Å²) >= 11 is 1.31. The number of hydrogen-bond acceptors (Lipinski definition) is 7. The Kier molecular flexibility index (Phi) is 7.35. The van der Waals surface area contributed by atoms with Crippen molar-refractivity contribution in [3.05, 3.63) is 106 Å². The molecule has 0 saturated carbocycles. The molecule has 0 atom stereocenters. The van der Waals surface area contributed by atoms with Crippen LogP contribution in [0.1, 0.15) is 26.3 Å². The van der Waals surface area contributed by atoms with Crippen LogP contribution in [0.4, 0.5) is 0 Å². The van der Waals surface area contributed by atoms with Crippen molar-refractivity contribution in [2.75, 3.05) is 13.2 Å². The summed E-state index contributed by atoms with van der Waals surface area (Å²) in [6.07, 6.45) is 3.80. The molecule has 0 fully saturated rings. The van der Waals surface area contributed by atoms with Crippen LogP contribution in [0.5, 0.6) is 11.5 Å². The largest absolute Gasteiger partial charge is 0.494 e.